The van der Waals surface area contributed by atoms with E-state index in [9.17, 15) is 4.79 Å². The van der Waals surface area contributed by atoms with Crippen LogP contribution >= 0.6 is 0 Å². The van der Waals surface area contributed by atoms with Gasteiger partial charge in [0.15, 0.2) is 0 Å². The normalized spacial score (nSPS) is 36.6. The fourth-order valence-electron chi connectivity index (χ4n) is 2.58. The zero-order valence-electron chi connectivity index (χ0n) is 8.28. The first-order valence-electron chi connectivity index (χ1n) is 5.27. The van der Waals surface area contributed by atoms with Crippen LogP contribution in [-0.2, 0) is 4.79 Å². The van der Waals surface area contributed by atoms with Gasteiger partial charge in [-0.1, -0.05) is 24.3 Å². The van der Waals surface area contributed by atoms with E-state index in [1.165, 1.54) is 5.57 Å². The molecule has 2 nitrogen and oxygen atoms in total. The van der Waals surface area contributed by atoms with E-state index in [1.54, 1.807) is 0 Å². The molecule has 76 valence electrons. The minimum Gasteiger partial charge on any atom is -0.481 e. The third-order valence-corrected chi connectivity index (χ3v) is 3.49. The zero-order chi connectivity index (χ0) is 10.1. The van der Waals surface area contributed by atoms with Gasteiger partial charge < -0.3 is 5.11 Å². The average Bonchev–Trinajstić information content (AvgIpc) is 2.58. The summed E-state index contributed by atoms with van der Waals surface area (Å²) < 4.78 is 0. The highest BCUT2D eigenvalue weighted by Gasteiger charge is 2.33. The van der Waals surface area contributed by atoms with Gasteiger partial charge in [0.05, 0.1) is 5.92 Å². The lowest BCUT2D eigenvalue weighted by Crippen LogP contribution is -2.23. The molecule has 0 amide bonds. The number of hydrogen-bond donors (Lipinski definition) is 1. The summed E-state index contributed by atoms with van der Waals surface area (Å²) in [7, 11) is 0. The number of hydrogen-bond acceptors (Lipinski definition) is 1. The maximum atomic E-state index is 11.0. The molecule has 0 saturated heterocycles. The first-order valence-corrected chi connectivity index (χ1v) is 5.27. The van der Waals surface area contributed by atoms with Crippen molar-refractivity contribution in [2.75, 3.05) is 0 Å². The molecule has 2 aliphatic rings. The van der Waals surface area contributed by atoms with Crippen molar-refractivity contribution in [3.8, 4) is 0 Å². The number of carbonyl (C=O) groups is 1. The summed E-state index contributed by atoms with van der Waals surface area (Å²) in [6, 6.07) is 0. The van der Waals surface area contributed by atoms with E-state index < -0.39 is 5.97 Å². The average molecular weight is 192 g/mol. The van der Waals surface area contributed by atoms with E-state index in [-0.39, 0.29) is 11.8 Å². The predicted molar refractivity (Wildman–Crippen MR) is 54.9 cm³/mol. The van der Waals surface area contributed by atoms with Gasteiger partial charge in [0, 0.05) is 0 Å². The largest absolute Gasteiger partial charge is 0.481 e. The van der Waals surface area contributed by atoms with Crippen LogP contribution < -0.4 is 0 Å². The van der Waals surface area contributed by atoms with Crippen molar-refractivity contribution in [1.29, 1.82) is 0 Å². The SMILES string of the molecule is C=C1CCCC(C(=O)O)C2C=CC1C2. The van der Waals surface area contributed by atoms with Crippen molar-refractivity contribution in [3.05, 3.63) is 24.3 Å². The zero-order valence-corrected chi connectivity index (χ0v) is 8.28. The molecule has 1 saturated carbocycles. The van der Waals surface area contributed by atoms with E-state index >= 15 is 0 Å². The quantitative estimate of drug-likeness (QED) is 0.648. The second-order valence-corrected chi connectivity index (χ2v) is 4.39. The summed E-state index contributed by atoms with van der Waals surface area (Å²) in [6.45, 7) is 4.07. The van der Waals surface area contributed by atoms with E-state index in [0.29, 0.717) is 5.92 Å². The van der Waals surface area contributed by atoms with Crippen molar-refractivity contribution in [1.82, 2.24) is 0 Å². The molecule has 0 aromatic carbocycles. The molecule has 0 radical (unpaired) electrons. The van der Waals surface area contributed by atoms with Crippen molar-refractivity contribution in [2.24, 2.45) is 17.8 Å². The molecule has 1 N–H and O–H groups in total. The number of fused-ring (bicyclic) bond motifs is 2. The number of carboxylic acids is 1. The summed E-state index contributed by atoms with van der Waals surface area (Å²) in [5, 5.41) is 9.08. The van der Waals surface area contributed by atoms with Crippen LogP contribution in [0.5, 0.6) is 0 Å². The molecule has 0 spiro atoms. The minimum atomic E-state index is -0.632. The maximum Gasteiger partial charge on any atom is 0.307 e. The van der Waals surface area contributed by atoms with E-state index in [4.69, 9.17) is 5.11 Å². The predicted octanol–water partition coefficient (Wildman–Crippen LogP) is 2.62. The standard InChI is InChI=1S/C12H16O2/c1-8-3-2-4-11(12(13)14)10-6-5-9(8)7-10/h5-6,9-11H,1-4,7H2,(H,13,14). The molecule has 2 heteroatoms. The first-order chi connectivity index (χ1) is 6.68. The van der Waals surface area contributed by atoms with Gasteiger partial charge in [-0.05, 0) is 37.5 Å². The molecular weight excluding hydrogens is 176 g/mol. The van der Waals surface area contributed by atoms with Gasteiger partial charge in [0.1, 0.15) is 0 Å². The van der Waals surface area contributed by atoms with E-state index in [0.717, 1.165) is 25.7 Å². The van der Waals surface area contributed by atoms with Gasteiger partial charge in [0.2, 0.25) is 0 Å². The molecule has 1 fully saturated rings. The fourth-order valence-corrected chi connectivity index (χ4v) is 2.58. The Labute approximate surface area is 84.3 Å². The Balaban J connectivity index is 2.16. The Hall–Kier alpha value is -1.05. The molecule has 0 heterocycles. The highest BCUT2D eigenvalue weighted by Crippen LogP contribution is 2.39. The molecule has 2 rings (SSSR count). The second kappa shape index (κ2) is 3.60. The van der Waals surface area contributed by atoms with Crippen LogP contribution in [0.1, 0.15) is 25.7 Å². The maximum absolute atomic E-state index is 11.0. The lowest BCUT2D eigenvalue weighted by Gasteiger charge is -2.23. The molecule has 2 bridgehead atoms. The molecule has 14 heavy (non-hydrogen) atoms. The van der Waals surface area contributed by atoms with Crippen LogP contribution in [0, 0.1) is 17.8 Å². The summed E-state index contributed by atoms with van der Waals surface area (Å²) in [4.78, 5) is 11.0. The summed E-state index contributed by atoms with van der Waals surface area (Å²) >= 11 is 0. The Morgan fingerprint density at radius 3 is 3.00 bits per heavy atom. The van der Waals surface area contributed by atoms with Gasteiger partial charge in [-0.2, -0.15) is 0 Å². The van der Waals surface area contributed by atoms with Crippen LogP contribution in [0.4, 0.5) is 0 Å². The minimum absolute atomic E-state index is 0.163. The number of allylic oxidation sites excluding steroid dienone is 3. The van der Waals surface area contributed by atoms with Crippen LogP contribution in [-0.4, -0.2) is 11.1 Å². The number of carboxylic acid groups (broad SMARTS) is 1. The summed E-state index contributed by atoms with van der Waals surface area (Å²) in [5.74, 6) is -0.103. The molecule has 2 aliphatic carbocycles. The molecular formula is C12H16O2. The Kier molecular flexibility index (Phi) is 2.44. The van der Waals surface area contributed by atoms with Crippen LogP contribution in [0.3, 0.4) is 0 Å². The van der Waals surface area contributed by atoms with Crippen molar-refractivity contribution in [2.45, 2.75) is 25.7 Å². The van der Waals surface area contributed by atoms with E-state index in [2.05, 4.69) is 18.7 Å². The molecule has 0 aromatic rings. The highest BCUT2D eigenvalue weighted by molar-refractivity contribution is 5.70. The van der Waals surface area contributed by atoms with Crippen molar-refractivity contribution >= 4 is 5.97 Å². The number of aliphatic carboxylic acids is 1. The summed E-state index contributed by atoms with van der Waals surface area (Å²) in [6.07, 6.45) is 7.97. The topological polar surface area (TPSA) is 37.3 Å². The Morgan fingerprint density at radius 1 is 1.50 bits per heavy atom. The Bertz CT molecular complexity index is 291. The van der Waals surface area contributed by atoms with Gasteiger partial charge >= 0.3 is 5.97 Å². The van der Waals surface area contributed by atoms with Gasteiger partial charge in [-0.15, -0.1) is 0 Å². The van der Waals surface area contributed by atoms with E-state index in [1.807, 2.05) is 0 Å². The second-order valence-electron chi connectivity index (χ2n) is 4.39. The van der Waals surface area contributed by atoms with Gasteiger partial charge in [0.25, 0.3) is 0 Å². The smallest absolute Gasteiger partial charge is 0.307 e. The van der Waals surface area contributed by atoms with Gasteiger partial charge in [-0.25, -0.2) is 0 Å². The highest BCUT2D eigenvalue weighted by atomic mass is 16.4. The van der Waals surface area contributed by atoms with Crippen molar-refractivity contribution < 1.29 is 9.90 Å². The number of rotatable bonds is 1. The fraction of sp³-hybridized carbons (Fsp3) is 0.583. The molecule has 3 atom stereocenters. The van der Waals surface area contributed by atoms with Crippen LogP contribution in [0.25, 0.3) is 0 Å². The summed E-state index contributed by atoms with van der Waals surface area (Å²) in [5.41, 5.74) is 1.28. The molecule has 3 unspecified atom stereocenters. The molecule has 0 aliphatic heterocycles. The van der Waals surface area contributed by atoms with Gasteiger partial charge in [-0.3, -0.25) is 4.79 Å². The van der Waals surface area contributed by atoms with Crippen LogP contribution in [0.2, 0.25) is 0 Å². The third-order valence-electron chi connectivity index (χ3n) is 3.49. The lowest BCUT2D eigenvalue weighted by molar-refractivity contribution is -0.143. The molecule has 0 aromatic heterocycles. The first kappa shape index (κ1) is 9.50. The lowest BCUT2D eigenvalue weighted by atomic mass is 9.81. The third kappa shape index (κ3) is 1.61. The monoisotopic (exact) mass is 192 g/mol. The van der Waals surface area contributed by atoms with Crippen molar-refractivity contribution in [3.63, 3.8) is 0 Å². The van der Waals surface area contributed by atoms with Crippen LogP contribution in [0.15, 0.2) is 24.3 Å². The Morgan fingerprint density at radius 2 is 2.29 bits per heavy atom.